The molecule has 2 atom stereocenters. The number of hydrogen-bond acceptors (Lipinski definition) is 7. The summed E-state index contributed by atoms with van der Waals surface area (Å²) in [6, 6.07) is 22.6. The predicted molar refractivity (Wildman–Crippen MR) is 161 cm³/mol. The van der Waals surface area contributed by atoms with Gasteiger partial charge in [-0.3, -0.25) is 9.59 Å². The second kappa shape index (κ2) is 13.3. The summed E-state index contributed by atoms with van der Waals surface area (Å²) in [5.74, 6) is 1.40. The van der Waals surface area contributed by atoms with Gasteiger partial charge in [0.05, 0.1) is 38.9 Å². The zero-order chi connectivity index (χ0) is 29.6. The third kappa shape index (κ3) is 6.99. The van der Waals surface area contributed by atoms with Crippen molar-refractivity contribution >= 4 is 23.6 Å². The Morgan fingerprint density at radius 3 is 2.22 bits per heavy atom. The van der Waals surface area contributed by atoms with Crippen LogP contribution in [0.3, 0.4) is 0 Å². The van der Waals surface area contributed by atoms with Crippen LogP contribution in [0.25, 0.3) is 0 Å². The highest BCUT2D eigenvalue weighted by Crippen LogP contribution is 2.54. The normalized spacial score (nSPS) is 18.6. The highest BCUT2D eigenvalue weighted by Gasteiger charge is 2.59. The molecule has 0 bridgehead atoms. The number of nitrogens with zero attached hydrogens (tertiary/aromatic N) is 1. The standard InChI is InChI=1S/C33H39NO6S/c1-22(2)39-26-15-12-24(13-16-26)18-19-34-30(35)21-33(32(36)38-6,41-27-10-8-7-9-11-27)31(34)25-14-17-28(40-23(3)4)29(20-25)37-5/h7-17,20,22-23,31H,18-19,21H2,1-6H3/t31-,33-/m1/s1. The molecule has 218 valence electrons. The van der Waals surface area contributed by atoms with Crippen LogP contribution in [0.5, 0.6) is 17.2 Å². The number of carbonyl (C=O) groups excluding carboxylic acids is 2. The van der Waals surface area contributed by atoms with Gasteiger partial charge in [0.25, 0.3) is 0 Å². The molecule has 3 aromatic carbocycles. The van der Waals surface area contributed by atoms with Gasteiger partial charge >= 0.3 is 5.97 Å². The Labute approximate surface area is 247 Å². The molecule has 0 saturated carbocycles. The van der Waals surface area contributed by atoms with Crippen molar-refractivity contribution in [2.75, 3.05) is 20.8 Å². The molecule has 7 nitrogen and oxygen atoms in total. The van der Waals surface area contributed by atoms with Gasteiger partial charge in [-0.15, -0.1) is 11.8 Å². The smallest absolute Gasteiger partial charge is 0.325 e. The van der Waals surface area contributed by atoms with Crippen molar-refractivity contribution in [3.63, 3.8) is 0 Å². The second-order valence-electron chi connectivity index (χ2n) is 10.6. The van der Waals surface area contributed by atoms with Gasteiger partial charge in [-0.2, -0.15) is 0 Å². The molecule has 0 radical (unpaired) electrons. The molecule has 0 N–H and O–H groups in total. The third-order valence-electron chi connectivity index (χ3n) is 6.86. The minimum Gasteiger partial charge on any atom is -0.493 e. The molecule has 1 heterocycles. The zero-order valence-corrected chi connectivity index (χ0v) is 25.4. The number of hydrogen-bond donors (Lipinski definition) is 0. The summed E-state index contributed by atoms with van der Waals surface area (Å²) >= 11 is 1.37. The maximum Gasteiger partial charge on any atom is 0.325 e. The Bertz CT molecular complexity index is 1330. The van der Waals surface area contributed by atoms with Crippen molar-refractivity contribution < 1.29 is 28.5 Å². The number of ether oxygens (including phenoxy) is 4. The monoisotopic (exact) mass is 577 g/mol. The molecule has 1 aliphatic rings. The van der Waals surface area contributed by atoms with Crippen molar-refractivity contribution in [2.24, 2.45) is 0 Å². The van der Waals surface area contributed by atoms with Crippen LogP contribution in [-0.2, 0) is 20.7 Å². The summed E-state index contributed by atoms with van der Waals surface area (Å²) in [6.07, 6.45) is 0.673. The topological polar surface area (TPSA) is 74.3 Å². The number of benzene rings is 3. The lowest BCUT2D eigenvalue weighted by Gasteiger charge is -2.36. The van der Waals surface area contributed by atoms with Gasteiger partial charge in [0.2, 0.25) is 5.91 Å². The predicted octanol–water partition coefficient (Wildman–Crippen LogP) is 6.49. The van der Waals surface area contributed by atoms with E-state index in [0.717, 1.165) is 21.8 Å². The number of likely N-dealkylation sites (tertiary alicyclic amines) is 1. The van der Waals surface area contributed by atoms with E-state index in [9.17, 15) is 9.59 Å². The van der Waals surface area contributed by atoms with E-state index < -0.39 is 16.8 Å². The lowest BCUT2D eigenvalue weighted by Crippen LogP contribution is -2.43. The molecule has 41 heavy (non-hydrogen) atoms. The number of carbonyl (C=O) groups is 2. The van der Waals surface area contributed by atoms with E-state index in [1.165, 1.54) is 18.9 Å². The van der Waals surface area contributed by atoms with Crippen LogP contribution in [0.15, 0.2) is 77.7 Å². The van der Waals surface area contributed by atoms with Crippen LogP contribution in [0, 0.1) is 0 Å². The largest absolute Gasteiger partial charge is 0.493 e. The van der Waals surface area contributed by atoms with E-state index in [4.69, 9.17) is 18.9 Å². The first-order valence-corrected chi connectivity index (χ1v) is 14.7. The van der Waals surface area contributed by atoms with Crippen LogP contribution in [0.1, 0.15) is 51.3 Å². The molecular formula is C33H39NO6S. The number of methoxy groups -OCH3 is 2. The SMILES string of the molecule is COC(=O)[C@@]1(Sc2ccccc2)CC(=O)N(CCc2ccc(OC(C)C)cc2)[C@@H]1c1ccc(OC(C)C)c(OC)c1. The molecular weight excluding hydrogens is 538 g/mol. The summed E-state index contributed by atoms with van der Waals surface area (Å²) in [5, 5.41) is 0. The molecule has 1 amide bonds. The van der Waals surface area contributed by atoms with Crippen LogP contribution >= 0.6 is 11.8 Å². The minimum atomic E-state index is -1.20. The molecule has 8 heteroatoms. The summed E-state index contributed by atoms with van der Waals surface area (Å²) in [6.45, 7) is 8.31. The molecule has 3 aromatic rings. The van der Waals surface area contributed by atoms with E-state index in [1.807, 2.05) is 105 Å². The minimum absolute atomic E-state index is 0.0115. The molecule has 0 aromatic heterocycles. The summed E-state index contributed by atoms with van der Waals surface area (Å²) in [7, 11) is 2.96. The first kappa shape index (κ1) is 30.3. The number of thioether (sulfide) groups is 1. The highest BCUT2D eigenvalue weighted by atomic mass is 32.2. The Balaban J connectivity index is 1.74. The van der Waals surface area contributed by atoms with Gasteiger partial charge < -0.3 is 23.8 Å². The molecule has 1 saturated heterocycles. The molecule has 0 unspecified atom stereocenters. The average Bonchev–Trinajstić information content (AvgIpc) is 3.23. The van der Waals surface area contributed by atoms with Gasteiger partial charge in [-0.05, 0) is 81.6 Å². The first-order chi connectivity index (χ1) is 19.7. The molecule has 1 fully saturated rings. The van der Waals surface area contributed by atoms with E-state index in [0.29, 0.717) is 24.5 Å². The first-order valence-electron chi connectivity index (χ1n) is 13.9. The van der Waals surface area contributed by atoms with E-state index in [-0.39, 0.29) is 24.5 Å². The van der Waals surface area contributed by atoms with Gasteiger partial charge in [0.15, 0.2) is 16.2 Å². The number of rotatable bonds is 12. The van der Waals surface area contributed by atoms with Crippen molar-refractivity contribution in [2.45, 2.75) is 68.4 Å². The van der Waals surface area contributed by atoms with Gasteiger partial charge in [-0.25, -0.2) is 0 Å². The summed E-state index contributed by atoms with van der Waals surface area (Å²) in [5.41, 5.74) is 1.84. The van der Waals surface area contributed by atoms with E-state index in [1.54, 1.807) is 7.11 Å². The Morgan fingerprint density at radius 2 is 1.61 bits per heavy atom. The number of amides is 1. The lowest BCUT2D eigenvalue weighted by molar-refractivity contribution is -0.144. The van der Waals surface area contributed by atoms with Crippen molar-refractivity contribution in [1.82, 2.24) is 4.90 Å². The van der Waals surface area contributed by atoms with Crippen molar-refractivity contribution in [3.8, 4) is 17.2 Å². The molecule has 0 aliphatic carbocycles. The maximum atomic E-state index is 13.8. The molecule has 4 rings (SSSR count). The Hall–Kier alpha value is -3.65. The third-order valence-corrected chi connectivity index (χ3v) is 8.27. The van der Waals surface area contributed by atoms with Gasteiger partial charge in [0.1, 0.15) is 5.75 Å². The Morgan fingerprint density at radius 1 is 0.927 bits per heavy atom. The van der Waals surface area contributed by atoms with Crippen LogP contribution in [0.2, 0.25) is 0 Å². The van der Waals surface area contributed by atoms with Crippen molar-refractivity contribution in [1.29, 1.82) is 0 Å². The fraction of sp³-hybridized carbons (Fsp3) is 0.394. The zero-order valence-electron chi connectivity index (χ0n) is 24.6. The molecule has 0 spiro atoms. The average molecular weight is 578 g/mol. The van der Waals surface area contributed by atoms with Gasteiger partial charge in [0, 0.05) is 11.4 Å². The maximum absolute atomic E-state index is 13.8. The van der Waals surface area contributed by atoms with E-state index in [2.05, 4.69) is 0 Å². The van der Waals surface area contributed by atoms with Crippen LogP contribution < -0.4 is 14.2 Å². The fourth-order valence-electron chi connectivity index (χ4n) is 5.17. The highest BCUT2D eigenvalue weighted by molar-refractivity contribution is 8.01. The fourth-order valence-corrected chi connectivity index (χ4v) is 6.62. The summed E-state index contributed by atoms with van der Waals surface area (Å²) in [4.78, 5) is 30.2. The molecule has 1 aliphatic heterocycles. The lowest BCUT2D eigenvalue weighted by atomic mass is 9.92. The quantitative estimate of drug-likeness (QED) is 0.228. The van der Waals surface area contributed by atoms with Gasteiger partial charge in [-0.1, -0.05) is 36.4 Å². The second-order valence-corrected chi connectivity index (χ2v) is 12.0. The number of esters is 1. The Kier molecular flexibility index (Phi) is 9.86. The van der Waals surface area contributed by atoms with Crippen LogP contribution in [0.4, 0.5) is 0 Å². The summed E-state index contributed by atoms with van der Waals surface area (Å²) < 4.78 is 21.6. The van der Waals surface area contributed by atoms with Crippen LogP contribution in [-0.4, -0.2) is 54.5 Å². The van der Waals surface area contributed by atoms with Crippen molar-refractivity contribution in [3.05, 3.63) is 83.9 Å². The van der Waals surface area contributed by atoms with E-state index >= 15 is 0 Å².